The fraction of sp³-hybridized carbons (Fsp3) is 0.348. The lowest BCUT2D eigenvalue weighted by Crippen LogP contribution is -2.33. The Bertz CT molecular complexity index is 1430. The van der Waals surface area contributed by atoms with Crippen LogP contribution in [-0.2, 0) is 21.0 Å². The van der Waals surface area contributed by atoms with Crippen LogP contribution in [0.15, 0.2) is 55.2 Å². The van der Waals surface area contributed by atoms with Crippen LogP contribution >= 0.6 is 0 Å². The van der Waals surface area contributed by atoms with Gasteiger partial charge in [-0.25, -0.2) is 19.5 Å². The summed E-state index contributed by atoms with van der Waals surface area (Å²) < 4.78 is 84.3. The third kappa shape index (κ3) is 7.50. The third-order valence-corrected chi connectivity index (χ3v) is 6.45. The maximum atomic E-state index is 14.8. The van der Waals surface area contributed by atoms with Crippen LogP contribution in [0.25, 0.3) is 0 Å². The zero-order valence-electron chi connectivity index (χ0n) is 20.0. The topological polar surface area (TPSA) is 159 Å². The van der Waals surface area contributed by atoms with Gasteiger partial charge in [0.15, 0.2) is 5.78 Å². The predicted molar refractivity (Wildman–Crippen MR) is 128 cm³/mol. The maximum Gasteiger partial charge on any atom is 0.573 e. The normalized spacial score (nSPS) is 21.6. The Morgan fingerprint density at radius 1 is 1.28 bits per heavy atom. The zero-order valence-corrected chi connectivity index (χ0v) is 20.8. The largest absolute Gasteiger partial charge is 0.573 e. The molecule has 2 aromatic heterocycles. The second-order valence-corrected chi connectivity index (χ2v) is 10.1. The number of halogens is 4. The lowest BCUT2D eigenvalue weighted by molar-refractivity contribution is -0.274. The first-order valence-electron chi connectivity index (χ1n) is 11.4. The van der Waals surface area contributed by atoms with Gasteiger partial charge in [0.05, 0.1) is 24.3 Å². The molecule has 0 aliphatic heterocycles. The van der Waals surface area contributed by atoms with E-state index in [9.17, 15) is 35.9 Å². The number of hydrogen-bond donors (Lipinski definition) is 3. The number of nitrogens with one attached hydrogen (secondary N) is 1. The van der Waals surface area contributed by atoms with E-state index in [0.29, 0.717) is 5.56 Å². The van der Waals surface area contributed by atoms with Crippen molar-refractivity contribution in [1.82, 2.24) is 14.5 Å². The van der Waals surface area contributed by atoms with Gasteiger partial charge in [0.25, 0.3) is 0 Å². The van der Waals surface area contributed by atoms with Gasteiger partial charge in [0, 0.05) is 36.6 Å². The van der Waals surface area contributed by atoms with Crippen molar-refractivity contribution in [2.45, 2.75) is 37.6 Å². The summed E-state index contributed by atoms with van der Waals surface area (Å²) in [5.41, 5.74) is 0.700. The number of aromatic nitrogens is 3. The average molecular weight is 574 g/mol. The molecule has 0 amide bonds. The molecular formula is C23H23F4N5O6S. The fourth-order valence-corrected chi connectivity index (χ4v) is 4.61. The summed E-state index contributed by atoms with van der Waals surface area (Å²) in [6.07, 6.45) is -2.82. The molecule has 3 aromatic rings. The van der Waals surface area contributed by atoms with E-state index in [4.69, 9.17) is 5.14 Å². The molecule has 2 heterocycles. The Kier molecular flexibility index (Phi) is 8.20. The number of rotatable bonds is 10. The number of benzene rings is 1. The lowest BCUT2D eigenvalue weighted by atomic mass is 10.1. The molecule has 1 aromatic carbocycles. The summed E-state index contributed by atoms with van der Waals surface area (Å²) in [5.74, 6) is -1.78. The van der Waals surface area contributed by atoms with Crippen molar-refractivity contribution in [3.8, 4) is 5.75 Å². The van der Waals surface area contributed by atoms with Crippen molar-refractivity contribution in [1.29, 1.82) is 0 Å². The molecule has 4 N–H and O–H groups in total. The molecule has 1 aliphatic rings. The monoisotopic (exact) mass is 573 g/mol. The number of hydrogen-bond acceptors (Lipinski definition) is 9. The van der Waals surface area contributed by atoms with E-state index in [2.05, 4.69) is 24.2 Å². The van der Waals surface area contributed by atoms with Gasteiger partial charge in [-0.3, -0.25) is 8.98 Å². The smallest absolute Gasteiger partial charge is 0.406 e. The van der Waals surface area contributed by atoms with E-state index in [1.807, 2.05) is 0 Å². The highest BCUT2D eigenvalue weighted by atomic mass is 32.2. The van der Waals surface area contributed by atoms with Crippen molar-refractivity contribution >= 4 is 21.9 Å². The Morgan fingerprint density at radius 2 is 2.05 bits per heavy atom. The van der Waals surface area contributed by atoms with Gasteiger partial charge in [-0.15, -0.1) is 13.2 Å². The van der Waals surface area contributed by atoms with Gasteiger partial charge in [0.1, 0.15) is 24.1 Å². The highest BCUT2D eigenvalue weighted by molar-refractivity contribution is 7.84. The number of ether oxygens (including phenoxy) is 1. The SMILES string of the molecule is NS(=O)(=O)OC[C@H]1C[C@@H](Nc2ncncc2C(=O)c2ccn(Cc3cccc(OC(F)(F)F)c3)c2)[C@@H](F)[C@@H]1O. The molecule has 39 heavy (non-hydrogen) atoms. The van der Waals surface area contributed by atoms with Crippen molar-refractivity contribution in [2.24, 2.45) is 11.1 Å². The molecule has 0 bridgehead atoms. The number of aliphatic hydroxyl groups excluding tert-OH is 1. The molecule has 11 nitrogen and oxygen atoms in total. The van der Waals surface area contributed by atoms with Crippen LogP contribution in [0.4, 0.5) is 23.4 Å². The maximum absolute atomic E-state index is 14.8. The van der Waals surface area contributed by atoms with Gasteiger partial charge in [-0.05, 0) is 30.2 Å². The summed E-state index contributed by atoms with van der Waals surface area (Å²) in [5, 5.41) is 17.7. The molecule has 1 saturated carbocycles. The minimum absolute atomic E-state index is 0.00162. The number of alkyl halides is 4. The molecule has 16 heteroatoms. The lowest BCUT2D eigenvalue weighted by Gasteiger charge is -2.18. The molecule has 0 spiro atoms. The first-order valence-corrected chi connectivity index (χ1v) is 12.9. The van der Waals surface area contributed by atoms with E-state index in [1.54, 1.807) is 16.8 Å². The molecule has 4 rings (SSSR count). The van der Waals surface area contributed by atoms with Gasteiger partial charge in [0.2, 0.25) is 0 Å². The van der Waals surface area contributed by atoms with Crippen molar-refractivity contribution in [3.05, 3.63) is 71.9 Å². The summed E-state index contributed by atoms with van der Waals surface area (Å²) in [7, 11) is -4.28. The fourth-order valence-electron chi connectivity index (χ4n) is 4.25. The predicted octanol–water partition coefficient (Wildman–Crippen LogP) is 2.18. The second kappa shape index (κ2) is 11.3. The number of ketones is 1. The third-order valence-electron chi connectivity index (χ3n) is 5.99. The summed E-state index contributed by atoms with van der Waals surface area (Å²) in [6, 6.07) is 5.88. The van der Waals surface area contributed by atoms with Crippen LogP contribution in [0, 0.1) is 5.92 Å². The zero-order chi connectivity index (χ0) is 28.4. The van der Waals surface area contributed by atoms with Crippen LogP contribution < -0.4 is 15.2 Å². The number of nitrogens with zero attached hydrogens (tertiary/aromatic N) is 3. The van der Waals surface area contributed by atoms with E-state index < -0.39 is 53.3 Å². The molecule has 1 aliphatic carbocycles. The molecular weight excluding hydrogens is 550 g/mol. The molecule has 210 valence electrons. The Morgan fingerprint density at radius 3 is 2.77 bits per heavy atom. The first kappa shape index (κ1) is 28.4. The van der Waals surface area contributed by atoms with E-state index in [-0.39, 0.29) is 35.7 Å². The Hall–Kier alpha value is -3.60. The Labute approximate surface area is 219 Å². The van der Waals surface area contributed by atoms with Crippen LogP contribution in [0.1, 0.15) is 27.9 Å². The van der Waals surface area contributed by atoms with E-state index in [1.165, 1.54) is 36.7 Å². The molecule has 0 saturated heterocycles. The van der Waals surface area contributed by atoms with Crippen LogP contribution in [-0.4, -0.2) is 65.1 Å². The summed E-state index contributed by atoms with van der Waals surface area (Å²) in [6.45, 7) is -0.378. The Balaban J connectivity index is 1.46. The molecule has 0 unspecified atom stereocenters. The van der Waals surface area contributed by atoms with Gasteiger partial charge in [-0.1, -0.05) is 12.1 Å². The number of anilines is 1. The van der Waals surface area contributed by atoms with Gasteiger partial charge < -0.3 is 19.7 Å². The summed E-state index contributed by atoms with van der Waals surface area (Å²) in [4.78, 5) is 21.1. The summed E-state index contributed by atoms with van der Waals surface area (Å²) >= 11 is 0. The number of carbonyl (C=O) groups is 1. The van der Waals surface area contributed by atoms with Crippen LogP contribution in [0.2, 0.25) is 0 Å². The molecule has 4 atom stereocenters. The van der Waals surface area contributed by atoms with Gasteiger partial charge >= 0.3 is 16.7 Å². The van der Waals surface area contributed by atoms with Crippen molar-refractivity contribution in [3.63, 3.8) is 0 Å². The minimum Gasteiger partial charge on any atom is -0.406 e. The average Bonchev–Trinajstić information content (AvgIpc) is 3.41. The van der Waals surface area contributed by atoms with Crippen LogP contribution in [0.5, 0.6) is 5.75 Å². The van der Waals surface area contributed by atoms with E-state index in [0.717, 1.165) is 6.33 Å². The number of nitrogens with two attached hydrogens (primary N) is 1. The highest BCUT2D eigenvalue weighted by Crippen LogP contribution is 2.32. The highest BCUT2D eigenvalue weighted by Gasteiger charge is 2.44. The number of aliphatic hydroxyl groups is 1. The van der Waals surface area contributed by atoms with Crippen LogP contribution in [0.3, 0.4) is 0 Å². The number of carbonyl (C=O) groups excluding carboxylic acids is 1. The second-order valence-electron chi connectivity index (χ2n) is 8.84. The standard InChI is InChI=1S/C23H23F4N5O6S/c24-19-18(7-15(21(19)34)11-37-39(28,35)36)31-22-17(8-29-12-30-22)20(33)14-4-5-32(10-14)9-13-2-1-3-16(6-13)38-23(25,26)27/h1-6,8,10,12,15,18-19,21,34H,7,9,11H2,(H2,28,35,36)(H,29,30,31)/t15-,18-,19-,21-/m1/s1. The molecule has 0 radical (unpaired) electrons. The minimum atomic E-state index is -4.83. The quantitative estimate of drug-likeness (QED) is 0.244. The van der Waals surface area contributed by atoms with E-state index >= 15 is 0 Å². The van der Waals surface area contributed by atoms with Crippen molar-refractivity contribution < 1.29 is 44.8 Å². The van der Waals surface area contributed by atoms with Crippen molar-refractivity contribution in [2.75, 3.05) is 11.9 Å². The first-order chi connectivity index (χ1) is 18.3. The van der Waals surface area contributed by atoms with Gasteiger partial charge in [-0.2, -0.15) is 8.42 Å². The molecule has 1 fully saturated rings.